The highest BCUT2D eigenvalue weighted by molar-refractivity contribution is 5.76. The molecule has 0 bridgehead atoms. The van der Waals surface area contributed by atoms with Crippen LogP contribution in [-0.2, 0) is 4.79 Å². The summed E-state index contributed by atoms with van der Waals surface area (Å²) in [4.78, 5) is 13.9. The Morgan fingerprint density at radius 3 is 2.83 bits per heavy atom. The summed E-state index contributed by atoms with van der Waals surface area (Å²) >= 11 is 0. The minimum atomic E-state index is 0.185. The summed E-state index contributed by atoms with van der Waals surface area (Å²) in [6.07, 6.45) is 5.66. The molecule has 1 unspecified atom stereocenters. The molecule has 0 saturated carbocycles. The van der Waals surface area contributed by atoms with Gasteiger partial charge in [-0.2, -0.15) is 5.26 Å². The highest BCUT2D eigenvalue weighted by atomic mass is 16.2. The number of nitrogens with one attached hydrogen (secondary N) is 1. The summed E-state index contributed by atoms with van der Waals surface area (Å²) < 4.78 is 0. The molecule has 1 fully saturated rings. The number of amides is 1. The summed E-state index contributed by atoms with van der Waals surface area (Å²) in [7, 11) is 0. The fourth-order valence-corrected chi connectivity index (χ4v) is 2.45. The Labute approximate surface area is 110 Å². The van der Waals surface area contributed by atoms with Gasteiger partial charge in [-0.25, -0.2) is 0 Å². The molecule has 0 aromatic rings. The summed E-state index contributed by atoms with van der Waals surface area (Å²) in [6, 6.07) is 2.80. The predicted octanol–water partition coefficient (Wildman–Crippen LogP) is 2.06. The zero-order valence-corrected chi connectivity index (χ0v) is 11.6. The van der Waals surface area contributed by atoms with E-state index >= 15 is 0 Å². The number of hydrogen-bond acceptors (Lipinski definition) is 3. The number of carbonyl (C=O) groups excluding carboxylic acids is 1. The second-order valence-corrected chi connectivity index (χ2v) is 5.27. The van der Waals surface area contributed by atoms with Gasteiger partial charge in [0.05, 0.1) is 12.5 Å². The van der Waals surface area contributed by atoms with E-state index in [0.29, 0.717) is 25.4 Å². The van der Waals surface area contributed by atoms with E-state index < -0.39 is 0 Å². The molecule has 1 amide bonds. The SMILES string of the molecule is CC(C)N(CCC#N)C(=O)CCC1CCCCN1. The number of nitriles is 1. The standard InChI is InChI=1S/C14H25N3O/c1-12(2)17(11-5-9-15)14(18)8-7-13-6-3-4-10-16-13/h12-13,16H,3-8,10-11H2,1-2H3. The molecule has 18 heavy (non-hydrogen) atoms. The fraction of sp³-hybridized carbons (Fsp3) is 0.857. The minimum Gasteiger partial charge on any atom is -0.339 e. The lowest BCUT2D eigenvalue weighted by Gasteiger charge is -2.28. The Morgan fingerprint density at radius 1 is 1.50 bits per heavy atom. The Kier molecular flexibility index (Phi) is 6.74. The number of nitrogens with zero attached hydrogens (tertiary/aromatic N) is 2. The quantitative estimate of drug-likeness (QED) is 0.786. The first-order valence-electron chi connectivity index (χ1n) is 7.05. The van der Waals surface area contributed by atoms with E-state index in [9.17, 15) is 4.79 Å². The lowest BCUT2D eigenvalue weighted by atomic mass is 10.00. The molecular formula is C14H25N3O. The number of carbonyl (C=O) groups is 1. The number of piperidine rings is 1. The van der Waals surface area contributed by atoms with Gasteiger partial charge in [-0.05, 0) is 39.7 Å². The van der Waals surface area contributed by atoms with Crippen LogP contribution in [-0.4, -0.2) is 36.0 Å². The van der Waals surface area contributed by atoms with E-state index in [2.05, 4.69) is 11.4 Å². The van der Waals surface area contributed by atoms with Crippen molar-refractivity contribution in [2.24, 2.45) is 0 Å². The van der Waals surface area contributed by atoms with Crippen molar-refractivity contribution in [3.63, 3.8) is 0 Å². The van der Waals surface area contributed by atoms with Gasteiger partial charge < -0.3 is 10.2 Å². The van der Waals surface area contributed by atoms with Crippen LogP contribution in [0, 0.1) is 11.3 Å². The smallest absolute Gasteiger partial charge is 0.222 e. The summed E-state index contributed by atoms with van der Waals surface area (Å²) in [5, 5.41) is 12.1. The minimum absolute atomic E-state index is 0.185. The molecule has 1 rings (SSSR count). The molecule has 102 valence electrons. The molecule has 1 heterocycles. The molecule has 0 radical (unpaired) electrons. The van der Waals surface area contributed by atoms with E-state index in [4.69, 9.17) is 5.26 Å². The van der Waals surface area contributed by atoms with Crippen LogP contribution < -0.4 is 5.32 Å². The topological polar surface area (TPSA) is 56.1 Å². The zero-order chi connectivity index (χ0) is 13.4. The highest BCUT2D eigenvalue weighted by Gasteiger charge is 2.19. The maximum atomic E-state index is 12.1. The monoisotopic (exact) mass is 251 g/mol. The Balaban J connectivity index is 2.33. The first-order chi connectivity index (χ1) is 8.65. The lowest BCUT2D eigenvalue weighted by Crippen LogP contribution is -2.39. The Morgan fingerprint density at radius 2 is 2.28 bits per heavy atom. The van der Waals surface area contributed by atoms with Gasteiger partial charge in [0.2, 0.25) is 5.91 Å². The van der Waals surface area contributed by atoms with Crippen LogP contribution in [0.15, 0.2) is 0 Å². The molecule has 1 aliphatic rings. The Bertz CT molecular complexity index is 290. The third kappa shape index (κ3) is 5.05. The molecule has 0 aromatic heterocycles. The van der Waals surface area contributed by atoms with Gasteiger partial charge in [0, 0.05) is 25.0 Å². The van der Waals surface area contributed by atoms with E-state index in [1.807, 2.05) is 18.7 Å². The van der Waals surface area contributed by atoms with E-state index in [-0.39, 0.29) is 11.9 Å². The van der Waals surface area contributed by atoms with Crippen molar-refractivity contribution < 1.29 is 4.79 Å². The maximum absolute atomic E-state index is 12.1. The van der Waals surface area contributed by atoms with Crippen LogP contribution in [0.2, 0.25) is 0 Å². The first-order valence-corrected chi connectivity index (χ1v) is 7.05. The maximum Gasteiger partial charge on any atom is 0.222 e. The molecule has 1 N–H and O–H groups in total. The van der Waals surface area contributed by atoms with Crippen LogP contribution in [0.1, 0.15) is 52.4 Å². The molecule has 1 atom stereocenters. The first kappa shape index (κ1) is 15.0. The van der Waals surface area contributed by atoms with Crippen molar-refractivity contribution in [2.75, 3.05) is 13.1 Å². The van der Waals surface area contributed by atoms with Crippen LogP contribution >= 0.6 is 0 Å². The van der Waals surface area contributed by atoms with Crippen LogP contribution in [0.3, 0.4) is 0 Å². The summed E-state index contributed by atoms with van der Waals surface area (Å²) in [6.45, 7) is 5.66. The van der Waals surface area contributed by atoms with Gasteiger partial charge >= 0.3 is 0 Å². The molecule has 4 nitrogen and oxygen atoms in total. The Hall–Kier alpha value is -1.08. The van der Waals surface area contributed by atoms with Crippen molar-refractivity contribution in [1.29, 1.82) is 5.26 Å². The summed E-state index contributed by atoms with van der Waals surface area (Å²) in [5.74, 6) is 0.188. The van der Waals surface area contributed by atoms with Crippen molar-refractivity contribution in [3.8, 4) is 6.07 Å². The van der Waals surface area contributed by atoms with E-state index in [1.54, 1.807) is 0 Å². The third-order valence-electron chi connectivity index (χ3n) is 3.53. The number of rotatable bonds is 6. The van der Waals surface area contributed by atoms with Gasteiger partial charge in [-0.3, -0.25) is 4.79 Å². The van der Waals surface area contributed by atoms with Crippen molar-refractivity contribution >= 4 is 5.91 Å². The van der Waals surface area contributed by atoms with Crippen molar-refractivity contribution in [2.45, 2.75) is 64.5 Å². The van der Waals surface area contributed by atoms with Gasteiger partial charge in [-0.1, -0.05) is 6.42 Å². The van der Waals surface area contributed by atoms with Gasteiger partial charge in [0.1, 0.15) is 0 Å². The van der Waals surface area contributed by atoms with Gasteiger partial charge in [-0.15, -0.1) is 0 Å². The van der Waals surface area contributed by atoms with Crippen molar-refractivity contribution in [1.82, 2.24) is 10.2 Å². The van der Waals surface area contributed by atoms with Crippen LogP contribution in [0.25, 0.3) is 0 Å². The molecule has 0 aliphatic carbocycles. The second kappa shape index (κ2) is 8.10. The van der Waals surface area contributed by atoms with E-state index in [0.717, 1.165) is 13.0 Å². The predicted molar refractivity (Wildman–Crippen MR) is 72.0 cm³/mol. The average Bonchev–Trinajstić information content (AvgIpc) is 2.37. The molecule has 1 aliphatic heterocycles. The van der Waals surface area contributed by atoms with Crippen LogP contribution in [0.5, 0.6) is 0 Å². The molecule has 4 heteroatoms. The highest BCUT2D eigenvalue weighted by Crippen LogP contribution is 2.13. The third-order valence-corrected chi connectivity index (χ3v) is 3.53. The lowest BCUT2D eigenvalue weighted by molar-refractivity contribution is -0.133. The zero-order valence-electron chi connectivity index (χ0n) is 11.6. The molecule has 1 saturated heterocycles. The second-order valence-electron chi connectivity index (χ2n) is 5.27. The van der Waals surface area contributed by atoms with E-state index in [1.165, 1.54) is 19.3 Å². The summed E-state index contributed by atoms with van der Waals surface area (Å²) in [5.41, 5.74) is 0. The fourth-order valence-electron chi connectivity index (χ4n) is 2.45. The molecule has 0 aromatic carbocycles. The molecular weight excluding hydrogens is 226 g/mol. The normalized spacial score (nSPS) is 19.6. The van der Waals surface area contributed by atoms with Gasteiger partial charge in [0.25, 0.3) is 0 Å². The largest absolute Gasteiger partial charge is 0.339 e. The van der Waals surface area contributed by atoms with Crippen molar-refractivity contribution in [3.05, 3.63) is 0 Å². The van der Waals surface area contributed by atoms with Crippen LogP contribution in [0.4, 0.5) is 0 Å². The molecule has 0 spiro atoms. The average molecular weight is 251 g/mol. The van der Waals surface area contributed by atoms with Gasteiger partial charge in [0.15, 0.2) is 0 Å². The number of hydrogen-bond donors (Lipinski definition) is 1.